The van der Waals surface area contributed by atoms with Gasteiger partial charge in [-0.05, 0) is 19.9 Å². The van der Waals surface area contributed by atoms with E-state index in [2.05, 4.69) is 4.98 Å². The van der Waals surface area contributed by atoms with E-state index in [1.54, 1.807) is 24.5 Å². The lowest BCUT2D eigenvalue weighted by atomic mass is 10.1. The van der Waals surface area contributed by atoms with E-state index in [-0.39, 0.29) is 12.4 Å². The summed E-state index contributed by atoms with van der Waals surface area (Å²) in [5, 5.41) is 1.98. The Morgan fingerprint density at radius 1 is 1.47 bits per heavy atom. The fourth-order valence-electron chi connectivity index (χ4n) is 2.12. The van der Waals surface area contributed by atoms with Crippen molar-refractivity contribution in [3.8, 4) is 0 Å². The van der Waals surface area contributed by atoms with E-state index >= 15 is 0 Å². The molecule has 4 nitrogen and oxygen atoms in total. The van der Waals surface area contributed by atoms with Crippen LogP contribution >= 0.6 is 11.3 Å². The summed E-state index contributed by atoms with van der Waals surface area (Å²) in [5.74, 6) is -0.231. The average molecular weight is 275 g/mol. The number of esters is 1. The number of carbonyl (C=O) groups excluding carboxylic acids is 1. The smallest absolute Gasteiger partial charge is 0.310 e. The van der Waals surface area contributed by atoms with Crippen LogP contribution in [-0.2, 0) is 16.0 Å². The molecule has 2 aromatic heterocycles. The number of rotatable bonds is 3. The van der Waals surface area contributed by atoms with E-state index in [0.717, 1.165) is 31.8 Å². The highest BCUT2D eigenvalue weighted by Gasteiger charge is 2.13. The fourth-order valence-corrected chi connectivity index (χ4v) is 2.97. The summed E-state index contributed by atoms with van der Waals surface area (Å²) in [5.41, 5.74) is 2.56. The zero-order valence-corrected chi connectivity index (χ0v) is 11.5. The molecule has 5 heteroatoms. The van der Waals surface area contributed by atoms with Crippen LogP contribution in [0.1, 0.15) is 17.5 Å². The number of nitrogens with zero attached hydrogens (tertiary/aromatic N) is 1. The van der Waals surface area contributed by atoms with Gasteiger partial charge >= 0.3 is 5.97 Å². The van der Waals surface area contributed by atoms with Gasteiger partial charge in [0.2, 0.25) is 0 Å². The van der Waals surface area contributed by atoms with Gasteiger partial charge in [-0.25, -0.2) is 4.98 Å². The first kappa shape index (κ1) is 12.2. The summed E-state index contributed by atoms with van der Waals surface area (Å²) >= 11 is 1.64. The van der Waals surface area contributed by atoms with Crippen LogP contribution in [0.4, 0.5) is 0 Å². The molecule has 3 aromatic rings. The maximum atomic E-state index is 11.5. The van der Waals surface area contributed by atoms with Gasteiger partial charge in [-0.15, -0.1) is 11.3 Å². The molecule has 3 rings (SSSR count). The van der Waals surface area contributed by atoms with Crippen molar-refractivity contribution < 1.29 is 13.9 Å². The predicted molar refractivity (Wildman–Crippen MR) is 74.5 cm³/mol. The molecule has 0 aliphatic carbocycles. The molecule has 0 amide bonds. The first-order valence-corrected chi connectivity index (χ1v) is 6.92. The quantitative estimate of drug-likeness (QED) is 0.687. The van der Waals surface area contributed by atoms with Crippen LogP contribution in [-0.4, -0.2) is 17.6 Å². The Hall–Kier alpha value is -1.88. The molecule has 19 heavy (non-hydrogen) atoms. The van der Waals surface area contributed by atoms with Crippen molar-refractivity contribution in [3.05, 3.63) is 29.0 Å². The summed E-state index contributed by atoms with van der Waals surface area (Å²) in [6, 6.07) is 3.95. The second-order valence-electron chi connectivity index (χ2n) is 4.29. The SMILES string of the molecule is CCOC(=O)Cc1coc2cc3nc(C)sc3cc12. The first-order chi connectivity index (χ1) is 9.17. The van der Waals surface area contributed by atoms with Crippen molar-refractivity contribution in [2.45, 2.75) is 20.3 Å². The number of furan rings is 1. The highest BCUT2D eigenvalue weighted by Crippen LogP contribution is 2.30. The van der Waals surface area contributed by atoms with E-state index in [1.807, 2.05) is 19.1 Å². The number of ether oxygens (including phenoxy) is 1. The lowest BCUT2D eigenvalue weighted by molar-refractivity contribution is -0.142. The van der Waals surface area contributed by atoms with Crippen LogP contribution in [0, 0.1) is 6.92 Å². The summed E-state index contributed by atoms with van der Waals surface area (Å²) < 4.78 is 11.6. The van der Waals surface area contributed by atoms with E-state index in [4.69, 9.17) is 9.15 Å². The minimum absolute atomic E-state index is 0.231. The van der Waals surface area contributed by atoms with E-state index in [1.165, 1.54) is 0 Å². The number of thiazole rings is 1. The lowest BCUT2D eigenvalue weighted by Crippen LogP contribution is -2.06. The van der Waals surface area contributed by atoms with Crippen LogP contribution in [0.25, 0.3) is 21.2 Å². The van der Waals surface area contributed by atoms with Crippen molar-refractivity contribution in [1.29, 1.82) is 0 Å². The van der Waals surface area contributed by atoms with Crippen molar-refractivity contribution in [2.75, 3.05) is 6.61 Å². The maximum absolute atomic E-state index is 11.5. The molecule has 0 bridgehead atoms. The lowest BCUT2D eigenvalue weighted by Gasteiger charge is -1.99. The molecule has 0 saturated heterocycles. The molecule has 1 aromatic carbocycles. The number of hydrogen-bond donors (Lipinski definition) is 0. The molecule has 0 radical (unpaired) electrons. The van der Waals surface area contributed by atoms with Crippen LogP contribution < -0.4 is 0 Å². The molecule has 0 saturated carbocycles. The molecule has 0 aliphatic heterocycles. The Balaban J connectivity index is 2.05. The third kappa shape index (κ3) is 2.21. The zero-order valence-electron chi connectivity index (χ0n) is 10.7. The third-order valence-corrected chi connectivity index (χ3v) is 3.84. The molecule has 2 heterocycles. The number of aromatic nitrogens is 1. The van der Waals surface area contributed by atoms with Gasteiger partial charge in [-0.2, -0.15) is 0 Å². The van der Waals surface area contributed by atoms with Crippen molar-refractivity contribution in [1.82, 2.24) is 4.98 Å². The highest BCUT2D eigenvalue weighted by molar-refractivity contribution is 7.18. The van der Waals surface area contributed by atoms with Gasteiger partial charge in [-0.1, -0.05) is 0 Å². The second kappa shape index (κ2) is 4.66. The van der Waals surface area contributed by atoms with Crippen molar-refractivity contribution >= 4 is 38.5 Å². The Bertz CT molecular complexity index is 757. The number of aryl methyl sites for hydroxylation is 1. The topological polar surface area (TPSA) is 52.3 Å². The molecule has 0 unspecified atom stereocenters. The zero-order chi connectivity index (χ0) is 13.4. The summed E-state index contributed by atoms with van der Waals surface area (Å²) in [4.78, 5) is 16.0. The molecular formula is C14H13NO3S. The third-order valence-electron chi connectivity index (χ3n) is 2.91. The Morgan fingerprint density at radius 3 is 3.11 bits per heavy atom. The number of fused-ring (bicyclic) bond motifs is 2. The number of benzene rings is 1. The second-order valence-corrected chi connectivity index (χ2v) is 5.53. The molecular weight excluding hydrogens is 262 g/mol. The minimum Gasteiger partial charge on any atom is -0.466 e. The van der Waals surface area contributed by atoms with Crippen LogP contribution in [0.15, 0.2) is 22.8 Å². The van der Waals surface area contributed by atoms with Gasteiger partial charge in [0.1, 0.15) is 5.58 Å². The molecule has 0 spiro atoms. The van der Waals surface area contributed by atoms with Gasteiger partial charge in [0.15, 0.2) is 0 Å². The molecule has 98 valence electrons. The normalized spacial score (nSPS) is 11.3. The Morgan fingerprint density at radius 2 is 2.32 bits per heavy atom. The number of hydrogen-bond acceptors (Lipinski definition) is 5. The maximum Gasteiger partial charge on any atom is 0.310 e. The van der Waals surface area contributed by atoms with Crippen LogP contribution in [0.3, 0.4) is 0 Å². The largest absolute Gasteiger partial charge is 0.466 e. The summed E-state index contributed by atoms with van der Waals surface area (Å²) in [7, 11) is 0. The molecule has 0 fully saturated rings. The van der Waals surface area contributed by atoms with E-state index < -0.39 is 0 Å². The van der Waals surface area contributed by atoms with Gasteiger partial charge < -0.3 is 9.15 Å². The first-order valence-electron chi connectivity index (χ1n) is 6.10. The summed E-state index contributed by atoms with van der Waals surface area (Å²) in [6.07, 6.45) is 1.86. The monoisotopic (exact) mass is 275 g/mol. The van der Waals surface area contributed by atoms with Crippen LogP contribution in [0.2, 0.25) is 0 Å². The Kier molecular flexibility index (Phi) is 2.98. The van der Waals surface area contributed by atoms with Gasteiger partial charge in [0.25, 0.3) is 0 Å². The average Bonchev–Trinajstić information content (AvgIpc) is 2.89. The van der Waals surface area contributed by atoms with Crippen molar-refractivity contribution in [3.63, 3.8) is 0 Å². The Labute approximate surface area is 114 Å². The number of carbonyl (C=O) groups is 1. The fraction of sp³-hybridized carbons (Fsp3) is 0.286. The van der Waals surface area contributed by atoms with E-state index in [0.29, 0.717) is 6.61 Å². The molecule has 0 atom stereocenters. The molecule has 0 aliphatic rings. The van der Waals surface area contributed by atoms with Gasteiger partial charge in [-0.3, -0.25) is 4.79 Å². The summed E-state index contributed by atoms with van der Waals surface area (Å²) in [6.45, 7) is 4.17. The highest BCUT2D eigenvalue weighted by atomic mass is 32.1. The molecule has 0 N–H and O–H groups in total. The van der Waals surface area contributed by atoms with Gasteiger partial charge in [0.05, 0.1) is 34.5 Å². The van der Waals surface area contributed by atoms with Gasteiger partial charge in [0, 0.05) is 17.0 Å². The van der Waals surface area contributed by atoms with Crippen LogP contribution in [0.5, 0.6) is 0 Å². The standard InChI is InChI=1S/C14H13NO3S/c1-3-17-14(16)4-9-7-18-12-6-11-13(5-10(9)12)19-8(2)15-11/h5-7H,3-4H2,1-2H3. The predicted octanol–water partition coefficient (Wildman–Crippen LogP) is 3.46. The minimum atomic E-state index is -0.231. The van der Waals surface area contributed by atoms with Crippen molar-refractivity contribution in [2.24, 2.45) is 0 Å². The van der Waals surface area contributed by atoms with E-state index in [9.17, 15) is 4.79 Å².